The van der Waals surface area contributed by atoms with E-state index >= 15 is 8.78 Å². The third-order valence-electron chi connectivity index (χ3n) is 9.73. The minimum absolute atomic E-state index is 0.201. The van der Waals surface area contributed by atoms with E-state index in [-0.39, 0.29) is 34.2 Å². The number of rotatable bonds is 9. The van der Waals surface area contributed by atoms with Crippen molar-refractivity contribution in [3.05, 3.63) is 94.1 Å². The number of aliphatic hydroxyl groups is 1. The number of benzene rings is 3. The van der Waals surface area contributed by atoms with E-state index in [1.807, 2.05) is 6.08 Å². The summed E-state index contributed by atoms with van der Waals surface area (Å²) in [5.74, 6) is -6.43. The molecule has 0 radical (unpaired) electrons. The minimum atomic E-state index is -1.31. The van der Waals surface area contributed by atoms with Gasteiger partial charge < -0.3 is 10.2 Å². The molecule has 8 heteroatoms. The lowest BCUT2D eigenvalue weighted by molar-refractivity contribution is 0.160. The summed E-state index contributed by atoms with van der Waals surface area (Å²) in [6.07, 6.45) is 8.95. The number of allylic oxidation sites excluding steroid dienone is 2. The lowest BCUT2D eigenvalue weighted by atomic mass is 9.70. The van der Waals surface area contributed by atoms with Gasteiger partial charge in [0.05, 0.1) is 6.10 Å². The number of aromatic hydroxyl groups is 1. The van der Waals surface area contributed by atoms with Gasteiger partial charge in [0.25, 0.3) is 0 Å². The predicted molar refractivity (Wildman–Crippen MR) is 159 cm³/mol. The minimum Gasteiger partial charge on any atom is -0.505 e. The molecule has 0 spiro atoms. The first kappa shape index (κ1) is 32.1. The first-order valence-corrected chi connectivity index (χ1v) is 15.6. The molecule has 0 aliphatic heterocycles. The third-order valence-corrected chi connectivity index (χ3v) is 9.73. The zero-order valence-electron chi connectivity index (χ0n) is 24.8. The van der Waals surface area contributed by atoms with Crippen LogP contribution in [0.1, 0.15) is 93.9 Å². The van der Waals surface area contributed by atoms with E-state index in [1.165, 1.54) is 36.4 Å². The van der Waals surface area contributed by atoms with Crippen LogP contribution in [-0.4, -0.2) is 10.2 Å². The molecule has 3 aromatic rings. The molecular weight excluding hydrogens is 578 g/mol. The molecule has 1 fully saturated rings. The van der Waals surface area contributed by atoms with Gasteiger partial charge >= 0.3 is 0 Å². The first-order chi connectivity index (χ1) is 21.1. The summed E-state index contributed by atoms with van der Waals surface area (Å²) in [4.78, 5) is 0. The number of hydrogen-bond acceptors (Lipinski definition) is 2. The second-order valence-corrected chi connectivity index (χ2v) is 12.4. The summed E-state index contributed by atoms with van der Waals surface area (Å²) in [6, 6.07) is 7.71. The van der Waals surface area contributed by atoms with Crippen LogP contribution in [0.2, 0.25) is 0 Å². The normalized spacial score (nSPS) is 21.3. The monoisotopic (exact) mass is 616 g/mol. The molecule has 236 valence electrons. The van der Waals surface area contributed by atoms with Gasteiger partial charge in [0.15, 0.2) is 34.8 Å². The largest absolute Gasteiger partial charge is 0.505 e. The summed E-state index contributed by atoms with van der Waals surface area (Å²) >= 11 is 0. The van der Waals surface area contributed by atoms with Gasteiger partial charge in [0.1, 0.15) is 0 Å². The summed E-state index contributed by atoms with van der Waals surface area (Å²) in [5.41, 5.74) is 0.223. The molecule has 0 amide bonds. The molecule has 0 heterocycles. The Labute approximate surface area is 254 Å². The highest BCUT2D eigenvalue weighted by Gasteiger charge is 2.30. The number of aliphatic hydroxyl groups excluding tert-OH is 1. The molecule has 44 heavy (non-hydrogen) atoms. The first-order valence-electron chi connectivity index (χ1n) is 15.6. The highest BCUT2D eigenvalue weighted by atomic mass is 19.2. The smallest absolute Gasteiger partial charge is 0.200 e. The summed E-state index contributed by atoms with van der Waals surface area (Å²) in [6.45, 7) is 1.80. The van der Waals surface area contributed by atoms with E-state index in [9.17, 15) is 27.8 Å². The summed E-state index contributed by atoms with van der Waals surface area (Å²) < 4.78 is 87.8. The van der Waals surface area contributed by atoms with Crippen molar-refractivity contribution >= 4 is 5.57 Å². The standard InChI is InChI=1S/C36H38F6O2/c1-2-3-29(43)28-17-16-27(34(40)35(28)41)26-15-14-24(31(37)33(26)39)9-6-20-4-7-21(8-5-20)22-10-12-23(13-11-22)25-18-19-30(44)36(42)32(25)38/h12,14-22,29,43-44H,2-11,13H2,1H3. The van der Waals surface area contributed by atoms with E-state index in [0.717, 1.165) is 44.1 Å². The van der Waals surface area contributed by atoms with E-state index < -0.39 is 46.8 Å². The third kappa shape index (κ3) is 6.56. The fourth-order valence-corrected chi connectivity index (χ4v) is 7.07. The van der Waals surface area contributed by atoms with Gasteiger partial charge in [-0.2, -0.15) is 4.39 Å². The molecule has 2 aliphatic carbocycles. The Morgan fingerprint density at radius 3 is 2.00 bits per heavy atom. The fraction of sp³-hybridized carbons (Fsp3) is 0.444. The Morgan fingerprint density at radius 2 is 1.34 bits per heavy atom. The quantitative estimate of drug-likeness (QED) is 0.235. The highest BCUT2D eigenvalue weighted by Crippen LogP contribution is 2.43. The van der Waals surface area contributed by atoms with Gasteiger partial charge in [0, 0.05) is 22.3 Å². The molecule has 0 aromatic heterocycles. The van der Waals surface area contributed by atoms with Crippen LogP contribution in [0.5, 0.6) is 5.75 Å². The lowest BCUT2D eigenvalue weighted by Crippen LogP contribution is -2.23. The van der Waals surface area contributed by atoms with E-state index in [2.05, 4.69) is 0 Å². The van der Waals surface area contributed by atoms with E-state index in [0.29, 0.717) is 43.4 Å². The Balaban J connectivity index is 1.16. The van der Waals surface area contributed by atoms with E-state index in [4.69, 9.17) is 0 Å². The maximum Gasteiger partial charge on any atom is 0.200 e. The second kappa shape index (κ2) is 13.8. The summed E-state index contributed by atoms with van der Waals surface area (Å²) in [7, 11) is 0. The molecule has 1 saturated carbocycles. The average molecular weight is 617 g/mol. The number of phenols is 1. The van der Waals surface area contributed by atoms with Crippen LogP contribution in [0.4, 0.5) is 26.3 Å². The molecule has 2 unspecified atom stereocenters. The number of phenolic OH excluding ortho intramolecular Hbond substituents is 1. The lowest BCUT2D eigenvalue weighted by Gasteiger charge is -2.35. The number of aryl methyl sites for hydroxylation is 1. The Kier molecular flexibility index (Phi) is 10.1. The van der Waals surface area contributed by atoms with Crippen molar-refractivity contribution in [2.75, 3.05) is 0 Å². The zero-order valence-corrected chi connectivity index (χ0v) is 24.8. The van der Waals surface area contributed by atoms with Crippen molar-refractivity contribution in [3.8, 4) is 16.9 Å². The topological polar surface area (TPSA) is 40.5 Å². The SMILES string of the molecule is CCCC(O)c1ccc(-c2ccc(CCC3CCC(C4CC=C(c5ccc(O)c(F)c5F)CC4)CC3)c(F)c2F)c(F)c1F. The molecule has 2 nitrogen and oxygen atoms in total. The number of hydrogen-bond donors (Lipinski definition) is 2. The fourth-order valence-electron chi connectivity index (χ4n) is 7.07. The van der Waals surface area contributed by atoms with Crippen molar-refractivity contribution in [2.45, 2.75) is 83.7 Å². The Hall–Kier alpha value is -3.26. The Bertz CT molecular complexity index is 1530. The van der Waals surface area contributed by atoms with Gasteiger partial charge in [-0.1, -0.05) is 56.5 Å². The Morgan fingerprint density at radius 1 is 0.705 bits per heavy atom. The van der Waals surface area contributed by atoms with Crippen LogP contribution in [0.25, 0.3) is 16.7 Å². The maximum atomic E-state index is 15.1. The van der Waals surface area contributed by atoms with Crippen LogP contribution in [0, 0.1) is 52.7 Å². The highest BCUT2D eigenvalue weighted by molar-refractivity contribution is 5.68. The molecule has 3 aromatic carbocycles. The second-order valence-electron chi connectivity index (χ2n) is 12.4. The molecule has 2 aliphatic rings. The van der Waals surface area contributed by atoms with Gasteiger partial charge in [-0.25, -0.2) is 22.0 Å². The van der Waals surface area contributed by atoms with Crippen LogP contribution in [-0.2, 0) is 6.42 Å². The van der Waals surface area contributed by atoms with Gasteiger partial charge in [0.2, 0.25) is 5.82 Å². The number of halogens is 6. The van der Waals surface area contributed by atoms with Crippen molar-refractivity contribution < 1.29 is 36.6 Å². The zero-order chi connectivity index (χ0) is 31.5. The summed E-state index contributed by atoms with van der Waals surface area (Å²) in [5, 5.41) is 19.5. The van der Waals surface area contributed by atoms with Crippen molar-refractivity contribution in [3.63, 3.8) is 0 Å². The van der Waals surface area contributed by atoms with E-state index in [1.54, 1.807) is 6.92 Å². The van der Waals surface area contributed by atoms with Crippen LogP contribution in [0.3, 0.4) is 0 Å². The van der Waals surface area contributed by atoms with Crippen molar-refractivity contribution in [1.82, 2.24) is 0 Å². The molecular formula is C36H38F6O2. The van der Waals surface area contributed by atoms with Crippen LogP contribution < -0.4 is 0 Å². The van der Waals surface area contributed by atoms with Crippen LogP contribution in [0.15, 0.2) is 42.5 Å². The molecule has 0 bridgehead atoms. The van der Waals surface area contributed by atoms with Gasteiger partial charge in [-0.15, -0.1) is 0 Å². The van der Waals surface area contributed by atoms with Gasteiger partial charge in [-0.05, 0) is 92.4 Å². The van der Waals surface area contributed by atoms with Crippen LogP contribution >= 0.6 is 0 Å². The average Bonchev–Trinajstić information content (AvgIpc) is 3.03. The molecule has 0 saturated heterocycles. The predicted octanol–water partition coefficient (Wildman–Crippen LogP) is 10.3. The van der Waals surface area contributed by atoms with Gasteiger partial charge in [-0.3, -0.25) is 0 Å². The maximum absolute atomic E-state index is 15.1. The van der Waals surface area contributed by atoms with Crippen molar-refractivity contribution in [2.24, 2.45) is 17.8 Å². The molecule has 5 rings (SSSR count). The van der Waals surface area contributed by atoms with Crippen molar-refractivity contribution in [1.29, 1.82) is 0 Å². The molecule has 2 atom stereocenters. The molecule has 2 N–H and O–H groups in total.